The Bertz CT molecular complexity index is 880. The van der Waals surface area contributed by atoms with Crippen LogP contribution >= 0.6 is 0 Å². The molecule has 1 aromatic carbocycles. The van der Waals surface area contributed by atoms with Crippen LogP contribution in [-0.2, 0) is 0 Å². The number of H-pyrrole nitrogens is 2. The smallest absolute Gasteiger partial charge is 0.327 e. The third-order valence-corrected chi connectivity index (χ3v) is 2.83. The molecule has 0 saturated heterocycles. The molecule has 20 heavy (non-hydrogen) atoms. The highest BCUT2D eigenvalue weighted by molar-refractivity contribution is 5.72. The van der Waals surface area contributed by atoms with E-state index < -0.39 is 11.2 Å². The van der Waals surface area contributed by atoms with E-state index in [0.29, 0.717) is 5.69 Å². The highest BCUT2D eigenvalue weighted by Crippen LogP contribution is 2.20. The van der Waals surface area contributed by atoms with Crippen molar-refractivity contribution in [3.63, 3.8) is 0 Å². The molecule has 0 atom stereocenters. The van der Waals surface area contributed by atoms with Crippen molar-refractivity contribution in [1.29, 1.82) is 0 Å². The summed E-state index contributed by atoms with van der Waals surface area (Å²) in [6, 6.07) is 7.21. The molecule has 2 N–H and O–H groups in total. The molecule has 0 fully saturated rings. The van der Waals surface area contributed by atoms with E-state index in [0.717, 1.165) is 11.3 Å². The summed E-state index contributed by atoms with van der Waals surface area (Å²) < 4.78 is 5.08. The number of ether oxygens (including phenoxy) is 1. The third kappa shape index (κ3) is 2.05. The molecule has 2 heterocycles. The van der Waals surface area contributed by atoms with Gasteiger partial charge in [0.05, 0.1) is 19.0 Å². The third-order valence-electron chi connectivity index (χ3n) is 2.83. The Hall–Kier alpha value is -2.96. The molecule has 0 saturated carbocycles. The average Bonchev–Trinajstić information content (AvgIpc) is 2.47. The van der Waals surface area contributed by atoms with Gasteiger partial charge in [0.25, 0.3) is 5.56 Å². The zero-order valence-corrected chi connectivity index (χ0v) is 10.5. The number of nitrogens with zero attached hydrogens (tertiary/aromatic N) is 2. The van der Waals surface area contributed by atoms with Gasteiger partial charge in [-0.05, 0) is 24.3 Å². The Morgan fingerprint density at radius 3 is 2.55 bits per heavy atom. The van der Waals surface area contributed by atoms with Crippen LogP contribution < -0.4 is 16.0 Å². The maximum atomic E-state index is 11.7. The quantitative estimate of drug-likeness (QED) is 0.713. The lowest BCUT2D eigenvalue weighted by Gasteiger charge is -2.03. The number of aromatic nitrogens is 4. The minimum absolute atomic E-state index is 0.0953. The lowest BCUT2D eigenvalue weighted by atomic mass is 10.1. The predicted molar refractivity (Wildman–Crippen MR) is 72.8 cm³/mol. The Balaban J connectivity index is 2.17. The van der Waals surface area contributed by atoms with Gasteiger partial charge in [-0.1, -0.05) is 0 Å². The van der Waals surface area contributed by atoms with Crippen LogP contribution in [0.5, 0.6) is 5.75 Å². The van der Waals surface area contributed by atoms with Crippen molar-refractivity contribution in [1.82, 2.24) is 19.9 Å². The summed E-state index contributed by atoms with van der Waals surface area (Å²) in [5, 5.41) is 0. The van der Waals surface area contributed by atoms with E-state index in [9.17, 15) is 9.59 Å². The minimum atomic E-state index is -0.603. The van der Waals surface area contributed by atoms with Gasteiger partial charge >= 0.3 is 5.69 Å². The number of fused-ring (bicyclic) bond motifs is 1. The molecule has 0 bridgehead atoms. The van der Waals surface area contributed by atoms with Gasteiger partial charge < -0.3 is 4.74 Å². The molecule has 100 valence electrons. The SMILES string of the molecule is COc1ccc(-c2cnc3[nH]c(=O)[nH]c(=O)c3n2)cc1. The summed E-state index contributed by atoms with van der Waals surface area (Å²) in [6.45, 7) is 0. The molecule has 2 aromatic heterocycles. The van der Waals surface area contributed by atoms with Crippen LogP contribution in [0, 0.1) is 0 Å². The van der Waals surface area contributed by atoms with Crippen molar-refractivity contribution in [3.05, 3.63) is 51.3 Å². The van der Waals surface area contributed by atoms with Gasteiger partial charge in [0, 0.05) is 5.56 Å². The Kier molecular flexibility index (Phi) is 2.79. The molecule has 0 aliphatic carbocycles. The molecule has 3 aromatic rings. The van der Waals surface area contributed by atoms with E-state index in [4.69, 9.17) is 4.74 Å². The topological polar surface area (TPSA) is 101 Å². The fourth-order valence-electron chi connectivity index (χ4n) is 1.84. The normalized spacial score (nSPS) is 10.7. The van der Waals surface area contributed by atoms with Crippen LogP contribution in [0.1, 0.15) is 0 Å². The van der Waals surface area contributed by atoms with Gasteiger partial charge in [-0.25, -0.2) is 14.8 Å². The number of methoxy groups -OCH3 is 1. The highest BCUT2D eigenvalue weighted by atomic mass is 16.5. The first kappa shape index (κ1) is 12.1. The van der Waals surface area contributed by atoms with Gasteiger partial charge in [-0.15, -0.1) is 0 Å². The summed E-state index contributed by atoms with van der Waals surface area (Å²) in [4.78, 5) is 35.6. The monoisotopic (exact) mass is 270 g/mol. The standard InChI is InChI=1S/C13H10N4O3/c1-20-8-4-2-7(3-5-8)9-6-14-11-10(15-9)12(18)17-13(19)16-11/h2-6H,1H3,(H2,14,16,17,18,19). The maximum Gasteiger partial charge on any atom is 0.327 e. The lowest BCUT2D eigenvalue weighted by Crippen LogP contribution is -2.23. The number of hydrogen-bond donors (Lipinski definition) is 2. The Morgan fingerprint density at radius 2 is 1.85 bits per heavy atom. The zero-order valence-electron chi connectivity index (χ0n) is 10.5. The fourth-order valence-corrected chi connectivity index (χ4v) is 1.84. The van der Waals surface area contributed by atoms with Gasteiger partial charge in [-0.2, -0.15) is 0 Å². The highest BCUT2D eigenvalue weighted by Gasteiger charge is 2.07. The van der Waals surface area contributed by atoms with Gasteiger partial charge in [0.15, 0.2) is 11.2 Å². The van der Waals surface area contributed by atoms with Gasteiger partial charge in [0.1, 0.15) is 5.75 Å². The largest absolute Gasteiger partial charge is 0.497 e. The van der Waals surface area contributed by atoms with E-state index in [-0.39, 0.29) is 11.2 Å². The van der Waals surface area contributed by atoms with Gasteiger partial charge in [0.2, 0.25) is 0 Å². The first-order valence-corrected chi connectivity index (χ1v) is 5.81. The van der Waals surface area contributed by atoms with Crippen LogP contribution in [0.3, 0.4) is 0 Å². The van der Waals surface area contributed by atoms with E-state index in [1.54, 1.807) is 19.2 Å². The second-order valence-corrected chi connectivity index (χ2v) is 4.09. The molecular weight excluding hydrogens is 260 g/mol. The molecular formula is C13H10N4O3. The fraction of sp³-hybridized carbons (Fsp3) is 0.0769. The molecule has 0 aliphatic heterocycles. The van der Waals surface area contributed by atoms with E-state index in [2.05, 4.69) is 19.9 Å². The molecule has 3 rings (SSSR count). The van der Waals surface area contributed by atoms with Crippen molar-refractivity contribution < 1.29 is 4.74 Å². The van der Waals surface area contributed by atoms with Gasteiger partial charge in [-0.3, -0.25) is 14.8 Å². The molecule has 0 radical (unpaired) electrons. The molecule has 0 spiro atoms. The summed E-state index contributed by atoms with van der Waals surface area (Å²) in [6.07, 6.45) is 1.50. The maximum absolute atomic E-state index is 11.7. The van der Waals surface area contributed by atoms with Crippen LogP contribution in [0.15, 0.2) is 40.1 Å². The average molecular weight is 270 g/mol. The van der Waals surface area contributed by atoms with Crippen molar-refractivity contribution >= 4 is 11.2 Å². The van der Waals surface area contributed by atoms with Crippen molar-refractivity contribution in [2.75, 3.05) is 7.11 Å². The predicted octanol–water partition coefficient (Wildman–Crippen LogP) is 0.682. The number of rotatable bonds is 2. The molecule has 7 heteroatoms. The first-order valence-electron chi connectivity index (χ1n) is 5.81. The number of aromatic amines is 2. The van der Waals surface area contributed by atoms with Crippen LogP contribution in [0.4, 0.5) is 0 Å². The summed E-state index contributed by atoms with van der Waals surface area (Å²) in [7, 11) is 1.58. The van der Waals surface area contributed by atoms with Crippen LogP contribution in [0.2, 0.25) is 0 Å². The molecule has 0 amide bonds. The number of hydrogen-bond acceptors (Lipinski definition) is 5. The Morgan fingerprint density at radius 1 is 1.10 bits per heavy atom. The van der Waals surface area contributed by atoms with E-state index >= 15 is 0 Å². The van der Waals surface area contributed by atoms with E-state index in [1.165, 1.54) is 6.20 Å². The second kappa shape index (κ2) is 4.61. The minimum Gasteiger partial charge on any atom is -0.497 e. The number of benzene rings is 1. The summed E-state index contributed by atoms with van der Waals surface area (Å²) >= 11 is 0. The molecule has 7 nitrogen and oxygen atoms in total. The van der Waals surface area contributed by atoms with Crippen LogP contribution in [0.25, 0.3) is 22.4 Å². The van der Waals surface area contributed by atoms with Crippen LogP contribution in [-0.4, -0.2) is 27.0 Å². The number of nitrogens with one attached hydrogen (secondary N) is 2. The molecule has 0 unspecified atom stereocenters. The summed E-state index contributed by atoms with van der Waals surface area (Å²) in [5.74, 6) is 0.727. The van der Waals surface area contributed by atoms with Crippen molar-refractivity contribution in [2.24, 2.45) is 0 Å². The first-order chi connectivity index (χ1) is 9.67. The molecule has 0 aliphatic rings. The second-order valence-electron chi connectivity index (χ2n) is 4.09. The summed E-state index contributed by atoms with van der Waals surface area (Å²) in [5.41, 5.74) is 0.429. The zero-order chi connectivity index (χ0) is 14.1. The van der Waals surface area contributed by atoms with Crippen molar-refractivity contribution in [3.8, 4) is 17.0 Å². The lowest BCUT2D eigenvalue weighted by molar-refractivity contribution is 0.415. The Labute approximate surface area is 112 Å². The van der Waals surface area contributed by atoms with E-state index in [1.807, 2.05) is 12.1 Å². The van der Waals surface area contributed by atoms with Crippen molar-refractivity contribution in [2.45, 2.75) is 0 Å².